The Labute approximate surface area is 193 Å². The number of hydrogen-bond acceptors (Lipinski definition) is 2. The summed E-state index contributed by atoms with van der Waals surface area (Å²) in [6.45, 7) is 4.35. The number of benzene rings is 3. The van der Waals surface area contributed by atoms with Gasteiger partial charge in [0.05, 0.1) is 17.2 Å². The molecule has 0 N–H and O–H groups in total. The maximum absolute atomic E-state index is 9.75. The van der Waals surface area contributed by atoms with Gasteiger partial charge in [-0.05, 0) is 73.6 Å². The van der Waals surface area contributed by atoms with E-state index in [0.717, 1.165) is 27.5 Å². The highest BCUT2D eigenvalue weighted by molar-refractivity contribution is 6.12. The topological polar surface area (TPSA) is 40.8 Å². The van der Waals surface area contributed by atoms with E-state index in [2.05, 4.69) is 67.9 Å². The molecule has 0 unspecified atom stereocenters. The molecule has 2 heterocycles. The number of nitriles is 1. The fourth-order valence-corrected chi connectivity index (χ4v) is 5.87. The number of nitrogens with zero attached hydrogens (tertiary/aromatic N) is 2. The molecule has 6 rings (SSSR count). The molecule has 1 saturated carbocycles. The van der Waals surface area contributed by atoms with Gasteiger partial charge in [0, 0.05) is 28.3 Å². The van der Waals surface area contributed by atoms with Crippen LogP contribution >= 0.6 is 0 Å². The number of furan rings is 1. The highest BCUT2D eigenvalue weighted by Gasteiger charge is 2.28. The first-order chi connectivity index (χ1) is 16.1. The summed E-state index contributed by atoms with van der Waals surface area (Å²) in [7, 11) is 2.16. The summed E-state index contributed by atoms with van der Waals surface area (Å²) >= 11 is 0. The Morgan fingerprint density at radius 3 is 2.55 bits per heavy atom. The smallest absolute Gasteiger partial charge is 0.217 e. The van der Waals surface area contributed by atoms with Crippen LogP contribution in [0.4, 0.5) is 0 Å². The third kappa shape index (κ3) is 2.91. The average molecular weight is 432 g/mol. The lowest BCUT2D eigenvalue weighted by molar-refractivity contribution is -0.633. The molecule has 1 aliphatic carbocycles. The number of aryl methyl sites for hydroxylation is 2. The van der Waals surface area contributed by atoms with Crippen molar-refractivity contribution in [2.24, 2.45) is 7.05 Å². The highest BCUT2D eigenvalue weighted by Crippen LogP contribution is 2.42. The van der Waals surface area contributed by atoms with Crippen LogP contribution in [0, 0.1) is 25.2 Å². The van der Waals surface area contributed by atoms with E-state index >= 15 is 0 Å². The zero-order chi connectivity index (χ0) is 22.7. The van der Waals surface area contributed by atoms with Gasteiger partial charge in [-0.2, -0.15) is 9.83 Å². The maximum atomic E-state index is 9.75. The minimum atomic E-state index is 0.608. The van der Waals surface area contributed by atoms with Crippen molar-refractivity contribution in [3.05, 3.63) is 76.9 Å². The predicted molar refractivity (Wildman–Crippen MR) is 133 cm³/mol. The first kappa shape index (κ1) is 20.0. The average Bonchev–Trinajstić information content (AvgIpc) is 3.49. The molecule has 0 amide bonds. The van der Waals surface area contributed by atoms with Gasteiger partial charge in [0.1, 0.15) is 18.2 Å². The molecule has 0 bridgehead atoms. The number of fused-ring (bicyclic) bond motifs is 4. The Balaban J connectivity index is 1.76. The Kier molecular flexibility index (Phi) is 4.52. The third-order valence-electron chi connectivity index (χ3n) is 7.71. The van der Waals surface area contributed by atoms with Crippen LogP contribution < -0.4 is 4.57 Å². The minimum absolute atomic E-state index is 0.608. The summed E-state index contributed by atoms with van der Waals surface area (Å²) in [5.41, 5.74) is 9.77. The lowest BCUT2D eigenvalue weighted by Gasteiger charge is -2.16. The van der Waals surface area contributed by atoms with Crippen molar-refractivity contribution in [1.29, 1.82) is 5.26 Å². The first-order valence-electron chi connectivity index (χ1n) is 11.9. The Hall–Kier alpha value is -3.64. The lowest BCUT2D eigenvalue weighted by Crippen LogP contribution is -2.33. The largest absolute Gasteiger partial charge is 0.455 e. The van der Waals surface area contributed by atoms with E-state index in [9.17, 15) is 5.26 Å². The predicted octanol–water partition coefficient (Wildman–Crippen LogP) is 7.38. The van der Waals surface area contributed by atoms with Crippen LogP contribution in [0.5, 0.6) is 0 Å². The van der Waals surface area contributed by atoms with Gasteiger partial charge >= 0.3 is 0 Å². The summed E-state index contributed by atoms with van der Waals surface area (Å²) in [6.07, 6.45) is 5.14. The van der Waals surface area contributed by atoms with Crippen LogP contribution in [0.25, 0.3) is 44.1 Å². The van der Waals surface area contributed by atoms with Crippen LogP contribution in [0.15, 0.2) is 59.0 Å². The Bertz CT molecular complexity index is 1610. The number of rotatable bonds is 2. The number of para-hydroxylation sites is 1. The van der Waals surface area contributed by atoms with Gasteiger partial charge in [-0.1, -0.05) is 31.0 Å². The van der Waals surface area contributed by atoms with Crippen LogP contribution in [0.1, 0.15) is 53.9 Å². The zero-order valence-electron chi connectivity index (χ0n) is 19.4. The van der Waals surface area contributed by atoms with E-state index in [1.54, 1.807) is 0 Å². The van der Waals surface area contributed by atoms with Crippen molar-refractivity contribution in [3.8, 4) is 17.3 Å². The molecule has 3 aromatic carbocycles. The molecule has 162 valence electrons. The van der Waals surface area contributed by atoms with E-state index < -0.39 is 0 Å². The monoisotopic (exact) mass is 431 g/mol. The van der Waals surface area contributed by atoms with Crippen molar-refractivity contribution in [3.63, 3.8) is 0 Å². The second-order valence-corrected chi connectivity index (χ2v) is 9.51. The summed E-state index contributed by atoms with van der Waals surface area (Å²) < 4.78 is 8.80. The normalized spacial score (nSPS) is 14.5. The standard InChI is InChI=1S/C30H27N2O/c1-18-15-24-29-21(17-31)11-8-14-27(29)33-30(24)28(19(18)2)26-16-23(20-9-4-5-10-20)22-12-6-7-13-25(22)32(26)3/h6-8,11-16,20H,4-5,9-10H2,1-3H3/q+1. The second kappa shape index (κ2) is 7.46. The van der Waals surface area contributed by atoms with Crippen molar-refractivity contribution in [1.82, 2.24) is 0 Å². The quantitative estimate of drug-likeness (QED) is 0.274. The summed E-state index contributed by atoms with van der Waals surface area (Å²) in [5.74, 6) is 0.608. The van der Waals surface area contributed by atoms with Crippen molar-refractivity contribution in [2.45, 2.75) is 45.4 Å². The summed E-state index contributed by atoms with van der Waals surface area (Å²) in [6, 6.07) is 21.5. The molecular weight excluding hydrogens is 404 g/mol. The van der Waals surface area contributed by atoms with Crippen LogP contribution in [0.2, 0.25) is 0 Å². The Morgan fingerprint density at radius 1 is 0.970 bits per heavy atom. The van der Waals surface area contributed by atoms with E-state index in [-0.39, 0.29) is 0 Å². The van der Waals surface area contributed by atoms with Gasteiger partial charge in [0.25, 0.3) is 0 Å². The molecule has 5 aromatic rings. The molecular formula is C30H27N2O+. The zero-order valence-corrected chi connectivity index (χ0v) is 19.4. The molecule has 3 nitrogen and oxygen atoms in total. The summed E-state index contributed by atoms with van der Waals surface area (Å²) in [4.78, 5) is 0. The van der Waals surface area contributed by atoms with E-state index in [1.165, 1.54) is 59.0 Å². The Morgan fingerprint density at radius 2 is 1.76 bits per heavy atom. The number of aromatic nitrogens is 1. The molecule has 1 aliphatic rings. The molecule has 0 atom stereocenters. The molecule has 1 fully saturated rings. The minimum Gasteiger partial charge on any atom is -0.455 e. The fraction of sp³-hybridized carbons (Fsp3) is 0.267. The van der Waals surface area contributed by atoms with E-state index in [0.29, 0.717) is 11.5 Å². The van der Waals surface area contributed by atoms with Crippen LogP contribution in [0.3, 0.4) is 0 Å². The van der Waals surface area contributed by atoms with Gasteiger partial charge in [0.15, 0.2) is 0 Å². The van der Waals surface area contributed by atoms with Gasteiger partial charge in [-0.25, -0.2) is 0 Å². The summed E-state index contributed by atoms with van der Waals surface area (Å²) in [5, 5.41) is 13.0. The van der Waals surface area contributed by atoms with Crippen molar-refractivity contribution >= 4 is 32.8 Å². The fourth-order valence-electron chi connectivity index (χ4n) is 5.87. The molecule has 0 radical (unpaired) electrons. The van der Waals surface area contributed by atoms with Crippen molar-refractivity contribution in [2.75, 3.05) is 0 Å². The molecule has 0 spiro atoms. The molecule has 0 aliphatic heterocycles. The SMILES string of the molecule is Cc1cc2c(oc3cccc(C#N)c32)c(-c2cc(C3CCCC3)c3ccccc3[n+]2C)c1C. The van der Waals surface area contributed by atoms with Gasteiger partial charge in [0.2, 0.25) is 11.2 Å². The van der Waals surface area contributed by atoms with Crippen LogP contribution in [-0.4, -0.2) is 0 Å². The molecule has 33 heavy (non-hydrogen) atoms. The molecule has 0 saturated heterocycles. The highest BCUT2D eigenvalue weighted by atomic mass is 16.3. The van der Waals surface area contributed by atoms with E-state index in [4.69, 9.17) is 4.42 Å². The number of pyridine rings is 1. The number of hydrogen-bond donors (Lipinski definition) is 0. The van der Waals surface area contributed by atoms with Gasteiger partial charge in [-0.15, -0.1) is 0 Å². The van der Waals surface area contributed by atoms with Gasteiger partial charge in [-0.3, -0.25) is 0 Å². The van der Waals surface area contributed by atoms with Crippen molar-refractivity contribution < 1.29 is 8.98 Å². The van der Waals surface area contributed by atoms with Gasteiger partial charge < -0.3 is 4.42 Å². The van der Waals surface area contributed by atoms with E-state index in [1.807, 2.05) is 18.2 Å². The third-order valence-corrected chi connectivity index (χ3v) is 7.71. The maximum Gasteiger partial charge on any atom is 0.217 e. The molecule has 3 heteroatoms. The molecule has 2 aromatic heterocycles. The van der Waals surface area contributed by atoms with Crippen LogP contribution in [-0.2, 0) is 7.05 Å². The second-order valence-electron chi connectivity index (χ2n) is 9.51. The first-order valence-corrected chi connectivity index (χ1v) is 11.9. The lowest BCUT2D eigenvalue weighted by atomic mass is 9.90.